The van der Waals surface area contributed by atoms with E-state index in [2.05, 4.69) is 16.9 Å². The topological polar surface area (TPSA) is 68.3 Å². The Balaban J connectivity index is 1.93. The molecule has 6 heteroatoms. The monoisotopic (exact) mass is 340 g/mol. The highest BCUT2D eigenvalue weighted by atomic mass is 32.2. The predicted octanol–water partition coefficient (Wildman–Crippen LogP) is 3.90. The fraction of sp³-hybridized carbons (Fsp3) is 0.0556. The van der Waals surface area contributed by atoms with Gasteiger partial charge in [-0.2, -0.15) is 0 Å². The molecule has 0 aliphatic carbocycles. The van der Waals surface area contributed by atoms with Gasteiger partial charge in [-0.15, -0.1) is 0 Å². The molecule has 1 N–H and O–H groups in total. The highest BCUT2D eigenvalue weighted by molar-refractivity contribution is 7.90. The number of hydrogen-bond acceptors (Lipinski definition) is 5. The third kappa shape index (κ3) is 3.38. The standard InChI is InChI=1S/C18H16N2O3S/c1-3-23-15-6-9-17-13(12-15)10-11-19-18(17)20-14-4-7-16(8-5-14)24(2,21)22/h3-12H,1H2,2H3,(H,19,20). The molecule has 2 aromatic carbocycles. The lowest BCUT2D eigenvalue weighted by Crippen LogP contribution is -1.98. The Labute approximate surface area is 140 Å². The summed E-state index contributed by atoms with van der Waals surface area (Å²) in [5, 5.41) is 5.11. The molecule has 0 aliphatic heterocycles. The zero-order valence-electron chi connectivity index (χ0n) is 13.1. The van der Waals surface area contributed by atoms with Gasteiger partial charge in [-0.3, -0.25) is 0 Å². The number of hydrogen-bond donors (Lipinski definition) is 1. The smallest absolute Gasteiger partial charge is 0.175 e. The van der Waals surface area contributed by atoms with Crippen molar-refractivity contribution >= 4 is 32.1 Å². The lowest BCUT2D eigenvalue weighted by Gasteiger charge is -2.10. The van der Waals surface area contributed by atoms with Gasteiger partial charge in [-0.1, -0.05) is 6.58 Å². The Morgan fingerprint density at radius 2 is 1.88 bits per heavy atom. The number of nitrogens with one attached hydrogen (secondary N) is 1. The molecule has 24 heavy (non-hydrogen) atoms. The molecule has 3 aromatic rings. The number of sulfone groups is 1. The van der Waals surface area contributed by atoms with Crippen LogP contribution in [0.5, 0.6) is 5.75 Å². The maximum Gasteiger partial charge on any atom is 0.175 e. The maximum atomic E-state index is 11.5. The first-order valence-electron chi connectivity index (χ1n) is 7.21. The van der Waals surface area contributed by atoms with Crippen molar-refractivity contribution in [2.75, 3.05) is 11.6 Å². The molecule has 1 heterocycles. The van der Waals surface area contributed by atoms with Gasteiger partial charge in [0, 0.05) is 23.5 Å². The van der Waals surface area contributed by atoms with Gasteiger partial charge in [-0.05, 0) is 53.9 Å². The van der Waals surface area contributed by atoms with E-state index >= 15 is 0 Å². The van der Waals surface area contributed by atoms with E-state index in [0.717, 1.165) is 16.5 Å². The summed E-state index contributed by atoms with van der Waals surface area (Å²) in [7, 11) is -3.20. The van der Waals surface area contributed by atoms with Crippen LogP contribution in [0.4, 0.5) is 11.5 Å². The number of rotatable bonds is 5. The second-order valence-corrected chi connectivity index (χ2v) is 7.26. The molecule has 0 radical (unpaired) electrons. The van der Waals surface area contributed by atoms with E-state index in [-0.39, 0.29) is 4.90 Å². The zero-order chi connectivity index (χ0) is 17.2. The molecule has 0 amide bonds. The minimum absolute atomic E-state index is 0.283. The largest absolute Gasteiger partial charge is 0.466 e. The Morgan fingerprint density at radius 3 is 2.54 bits per heavy atom. The molecule has 0 atom stereocenters. The lowest BCUT2D eigenvalue weighted by molar-refractivity contribution is 0.484. The van der Waals surface area contributed by atoms with Crippen LogP contribution in [0.25, 0.3) is 10.8 Å². The molecular weight excluding hydrogens is 324 g/mol. The van der Waals surface area contributed by atoms with E-state index in [4.69, 9.17) is 4.74 Å². The molecule has 0 bridgehead atoms. The number of pyridine rings is 1. The maximum absolute atomic E-state index is 11.5. The molecule has 0 spiro atoms. The summed E-state index contributed by atoms with van der Waals surface area (Å²) in [5.74, 6) is 1.39. The SMILES string of the molecule is C=COc1ccc2c(Nc3ccc(S(C)(=O)=O)cc3)nccc2c1. The third-order valence-corrected chi connectivity index (χ3v) is 4.63. The van der Waals surface area contributed by atoms with E-state index in [9.17, 15) is 8.42 Å². The third-order valence-electron chi connectivity index (χ3n) is 3.50. The molecule has 0 saturated heterocycles. The Bertz CT molecular complexity index is 996. The number of nitrogens with zero attached hydrogens (tertiary/aromatic N) is 1. The van der Waals surface area contributed by atoms with E-state index < -0.39 is 9.84 Å². The quantitative estimate of drug-likeness (QED) is 0.713. The van der Waals surface area contributed by atoms with Gasteiger partial charge in [0.1, 0.15) is 11.6 Å². The molecule has 122 valence electrons. The van der Waals surface area contributed by atoms with E-state index in [1.165, 1.54) is 12.5 Å². The van der Waals surface area contributed by atoms with Crippen LogP contribution >= 0.6 is 0 Å². The summed E-state index contributed by atoms with van der Waals surface area (Å²) >= 11 is 0. The van der Waals surface area contributed by atoms with Gasteiger partial charge in [-0.25, -0.2) is 13.4 Å². The van der Waals surface area contributed by atoms with Crippen molar-refractivity contribution < 1.29 is 13.2 Å². The van der Waals surface area contributed by atoms with Crippen LogP contribution in [0.15, 0.2) is 72.5 Å². The van der Waals surface area contributed by atoms with Crippen molar-refractivity contribution in [2.24, 2.45) is 0 Å². The fourth-order valence-electron chi connectivity index (χ4n) is 2.35. The van der Waals surface area contributed by atoms with Crippen molar-refractivity contribution in [1.29, 1.82) is 0 Å². The lowest BCUT2D eigenvalue weighted by atomic mass is 10.1. The summed E-state index contributed by atoms with van der Waals surface area (Å²) in [6.45, 7) is 3.54. The minimum Gasteiger partial charge on any atom is -0.466 e. The number of aromatic nitrogens is 1. The van der Waals surface area contributed by atoms with Gasteiger partial charge in [0.25, 0.3) is 0 Å². The second-order valence-electron chi connectivity index (χ2n) is 5.25. The first kappa shape index (κ1) is 16.0. The minimum atomic E-state index is -3.20. The van der Waals surface area contributed by atoms with Gasteiger partial charge >= 0.3 is 0 Å². The van der Waals surface area contributed by atoms with Gasteiger partial charge in [0.05, 0.1) is 11.2 Å². The molecule has 0 fully saturated rings. The second kappa shape index (κ2) is 6.33. The van der Waals surface area contributed by atoms with Crippen LogP contribution in [-0.4, -0.2) is 19.7 Å². The van der Waals surface area contributed by atoms with E-state index in [1.54, 1.807) is 30.5 Å². The summed E-state index contributed by atoms with van der Waals surface area (Å²) < 4.78 is 28.3. The number of benzene rings is 2. The first-order valence-corrected chi connectivity index (χ1v) is 9.10. The van der Waals surface area contributed by atoms with Crippen LogP contribution in [0.3, 0.4) is 0 Å². The Hall–Kier alpha value is -2.86. The van der Waals surface area contributed by atoms with Crippen LogP contribution in [0.1, 0.15) is 0 Å². The summed E-state index contributed by atoms with van der Waals surface area (Å²) in [4.78, 5) is 4.64. The van der Waals surface area contributed by atoms with Gasteiger partial charge in [0.2, 0.25) is 0 Å². The number of anilines is 2. The van der Waals surface area contributed by atoms with Crippen LogP contribution in [-0.2, 0) is 9.84 Å². The molecular formula is C18H16N2O3S. The molecule has 5 nitrogen and oxygen atoms in total. The van der Waals surface area contributed by atoms with Gasteiger partial charge < -0.3 is 10.1 Å². The van der Waals surface area contributed by atoms with Crippen molar-refractivity contribution in [2.45, 2.75) is 4.90 Å². The highest BCUT2D eigenvalue weighted by Gasteiger charge is 2.08. The molecule has 0 unspecified atom stereocenters. The zero-order valence-corrected chi connectivity index (χ0v) is 13.9. The summed E-state index contributed by atoms with van der Waals surface area (Å²) in [6, 6.07) is 14.1. The summed E-state index contributed by atoms with van der Waals surface area (Å²) in [5.41, 5.74) is 0.758. The molecule has 1 aromatic heterocycles. The fourth-order valence-corrected chi connectivity index (χ4v) is 2.98. The number of ether oxygens (including phenoxy) is 1. The first-order chi connectivity index (χ1) is 11.5. The summed E-state index contributed by atoms with van der Waals surface area (Å²) in [6.07, 6.45) is 4.27. The van der Waals surface area contributed by atoms with Gasteiger partial charge in [0.15, 0.2) is 9.84 Å². The van der Waals surface area contributed by atoms with E-state index in [1.807, 2.05) is 24.3 Å². The number of fused-ring (bicyclic) bond motifs is 1. The van der Waals surface area contributed by atoms with Crippen LogP contribution in [0.2, 0.25) is 0 Å². The normalized spacial score (nSPS) is 11.2. The van der Waals surface area contributed by atoms with Crippen LogP contribution < -0.4 is 10.1 Å². The molecule has 3 rings (SSSR count). The highest BCUT2D eigenvalue weighted by Crippen LogP contribution is 2.28. The Morgan fingerprint density at radius 1 is 1.12 bits per heavy atom. The average molecular weight is 340 g/mol. The van der Waals surface area contributed by atoms with Crippen LogP contribution in [0, 0.1) is 0 Å². The molecule has 0 saturated carbocycles. The van der Waals surface area contributed by atoms with E-state index in [0.29, 0.717) is 11.6 Å². The molecule has 0 aliphatic rings. The average Bonchev–Trinajstić information content (AvgIpc) is 2.55. The van der Waals surface area contributed by atoms with Crippen molar-refractivity contribution in [1.82, 2.24) is 4.98 Å². The van der Waals surface area contributed by atoms with Crippen molar-refractivity contribution in [3.8, 4) is 5.75 Å². The van der Waals surface area contributed by atoms with Crippen molar-refractivity contribution in [3.63, 3.8) is 0 Å². The predicted molar refractivity (Wildman–Crippen MR) is 95.4 cm³/mol. The Kier molecular flexibility index (Phi) is 4.22. The van der Waals surface area contributed by atoms with Crippen molar-refractivity contribution in [3.05, 3.63) is 67.6 Å².